The number of nitrogens with one attached hydrogen (secondary N) is 1. The molecule has 0 radical (unpaired) electrons. The van der Waals surface area contributed by atoms with Crippen LogP contribution in [0.5, 0.6) is 0 Å². The first kappa shape index (κ1) is 24.2. The molecule has 1 fully saturated rings. The molecule has 2 heterocycles. The first-order valence-corrected chi connectivity index (χ1v) is 9.82. The topological polar surface area (TPSA) is 188 Å². The Kier molecular flexibility index (Phi) is 7.30. The predicted molar refractivity (Wildman–Crippen MR) is 104 cm³/mol. The lowest BCUT2D eigenvalue weighted by molar-refractivity contribution is -0.278. The van der Waals surface area contributed by atoms with Crippen molar-refractivity contribution in [2.45, 2.75) is 51.5 Å². The van der Waals surface area contributed by atoms with Crippen LogP contribution < -0.4 is 5.32 Å². The van der Waals surface area contributed by atoms with E-state index < -0.39 is 54.1 Å². The van der Waals surface area contributed by atoms with Gasteiger partial charge < -0.3 is 25.5 Å². The van der Waals surface area contributed by atoms with Crippen molar-refractivity contribution in [1.29, 1.82) is 0 Å². The lowest BCUT2D eigenvalue weighted by Crippen LogP contribution is -2.77. The lowest BCUT2D eigenvalue weighted by Gasteiger charge is -2.52. The third-order valence-corrected chi connectivity index (χ3v) is 5.13. The smallest absolute Gasteiger partial charge is 0.347 e. The number of hydrogen-bond donors (Lipinski definition) is 4. The van der Waals surface area contributed by atoms with E-state index in [1.165, 1.54) is 37.5 Å². The van der Waals surface area contributed by atoms with Gasteiger partial charge in [0.2, 0.25) is 12.2 Å². The van der Waals surface area contributed by atoms with Crippen LogP contribution in [0.1, 0.15) is 31.5 Å². The largest absolute Gasteiger partial charge is 0.479 e. The Labute approximate surface area is 180 Å². The van der Waals surface area contributed by atoms with Crippen LogP contribution in [0.3, 0.4) is 0 Å². The Morgan fingerprint density at radius 2 is 2.00 bits per heavy atom. The summed E-state index contributed by atoms with van der Waals surface area (Å²) in [7, 11) is 0. The van der Waals surface area contributed by atoms with Crippen molar-refractivity contribution in [2.75, 3.05) is 6.61 Å². The molecule has 13 nitrogen and oxygen atoms in total. The van der Waals surface area contributed by atoms with Gasteiger partial charge in [-0.2, -0.15) is 0 Å². The quantitative estimate of drug-likeness (QED) is 0.195. The molecule has 0 bridgehead atoms. The van der Waals surface area contributed by atoms with Gasteiger partial charge in [-0.1, -0.05) is 5.16 Å². The van der Waals surface area contributed by atoms with E-state index in [0.717, 1.165) is 5.06 Å². The average molecular weight is 458 g/mol. The van der Waals surface area contributed by atoms with E-state index >= 15 is 0 Å². The van der Waals surface area contributed by atoms with Gasteiger partial charge in [0.05, 0.1) is 17.2 Å². The summed E-state index contributed by atoms with van der Waals surface area (Å²) in [4.78, 5) is 61.3. The van der Waals surface area contributed by atoms with Crippen molar-refractivity contribution in [3.63, 3.8) is 0 Å². The van der Waals surface area contributed by atoms with Crippen LogP contribution in [-0.2, 0) is 28.9 Å². The first-order chi connectivity index (χ1) is 14.4. The molecule has 4 N–H and O–H groups in total. The number of amides is 2. The molecule has 1 aromatic rings. The van der Waals surface area contributed by atoms with Gasteiger partial charge in [0, 0.05) is 5.38 Å². The zero-order chi connectivity index (χ0) is 23.5. The van der Waals surface area contributed by atoms with E-state index in [0.29, 0.717) is 5.01 Å². The summed E-state index contributed by atoms with van der Waals surface area (Å²) in [6, 6.07) is -1.12. The fourth-order valence-electron chi connectivity index (χ4n) is 2.52. The molecule has 3 atom stereocenters. The molecule has 31 heavy (non-hydrogen) atoms. The van der Waals surface area contributed by atoms with E-state index in [1.807, 2.05) is 0 Å². The predicted octanol–water partition coefficient (Wildman–Crippen LogP) is -0.872. The van der Waals surface area contributed by atoms with Gasteiger partial charge >= 0.3 is 11.9 Å². The molecule has 0 saturated carbocycles. The highest BCUT2D eigenvalue weighted by molar-refractivity contribution is 7.09. The number of aliphatic hydroxyl groups is 1. The zero-order valence-corrected chi connectivity index (χ0v) is 17.9. The molecule has 0 aliphatic carbocycles. The molecule has 1 aromatic heterocycles. The summed E-state index contributed by atoms with van der Waals surface area (Å²) in [6.07, 6.45) is -2.99. The van der Waals surface area contributed by atoms with E-state index in [4.69, 9.17) is 25.0 Å². The number of aliphatic hydroxyl groups excluding tert-OH is 1. The minimum Gasteiger partial charge on any atom is -0.479 e. The molecule has 2 rings (SSSR count). The zero-order valence-electron chi connectivity index (χ0n) is 17.1. The second kappa shape index (κ2) is 9.36. The Bertz CT molecular complexity index is 913. The van der Waals surface area contributed by atoms with Crippen molar-refractivity contribution in [2.24, 2.45) is 5.16 Å². The molecule has 1 aliphatic rings. The third-order valence-electron chi connectivity index (χ3n) is 4.35. The second-order valence-electron chi connectivity index (χ2n) is 7.09. The summed E-state index contributed by atoms with van der Waals surface area (Å²) in [6.45, 7) is 5.09. The Balaban J connectivity index is 2.19. The fourth-order valence-corrected chi connectivity index (χ4v) is 3.12. The SMILES string of the molecule is Cc1nc(C(=NOC(C)C(=O)O)C(=O)NC2C(=O)N(OC(CO)C(=O)O)C2(C)C)cs1. The summed E-state index contributed by atoms with van der Waals surface area (Å²) in [5, 5.41) is 36.0. The number of rotatable bonds is 10. The average Bonchev–Trinajstić information content (AvgIpc) is 3.11. The van der Waals surface area contributed by atoms with E-state index in [9.17, 15) is 19.2 Å². The molecule has 1 saturated heterocycles. The number of thiazole rings is 1. The Morgan fingerprint density at radius 1 is 1.35 bits per heavy atom. The molecule has 170 valence electrons. The van der Waals surface area contributed by atoms with Crippen molar-refractivity contribution < 1.29 is 44.2 Å². The van der Waals surface area contributed by atoms with Crippen molar-refractivity contribution in [1.82, 2.24) is 15.4 Å². The number of carbonyl (C=O) groups excluding carboxylic acids is 2. The van der Waals surface area contributed by atoms with Gasteiger partial charge in [0.1, 0.15) is 11.7 Å². The number of carboxylic acids is 2. The normalized spacial score (nSPS) is 19.9. The maximum atomic E-state index is 12.8. The van der Waals surface area contributed by atoms with Gasteiger partial charge in [-0.05, 0) is 27.7 Å². The summed E-state index contributed by atoms with van der Waals surface area (Å²) < 4.78 is 0. The molecular formula is C17H22N4O9S. The molecule has 0 spiro atoms. The molecule has 1 aliphatic heterocycles. The van der Waals surface area contributed by atoms with Crippen molar-refractivity contribution >= 4 is 40.8 Å². The maximum absolute atomic E-state index is 12.8. The van der Waals surface area contributed by atoms with Gasteiger partial charge in [-0.3, -0.25) is 14.4 Å². The highest BCUT2D eigenvalue weighted by Gasteiger charge is 2.57. The molecular weight excluding hydrogens is 436 g/mol. The van der Waals surface area contributed by atoms with Gasteiger partial charge in [-0.15, -0.1) is 11.3 Å². The van der Waals surface area contributed by atoms with Crippen LogP contribution in [0.4, 0.5) is 0 Å². The van der Waals surface area contributed by atoms with Crippen molar-refractivity contribution in [3.05, 3.63) is 16.1 Å². The van der Waals surface area contributed by atoms with Crippen LogP contribution >= 0.6 is 11.3 Å². The number of aliphatic carboxylic acids is 2. The third kappa shape index (κ3) is 5.15. The second-order valence-corrected chi connectivity index (χ2v) is 8.15. The van der Waals surface area contributed by atoms with Crippen LogP contribution in [0.15, 0.2) is 10.5 Å². The number of hydrogen-bond acceptors (Lipinski definition) is 10. The van der Waals surface area contributed by atoms with Gasteiger partial charge in [0.15, 0.2) is 5.71 Å². The summed E-state index contributed by atoms with van der Waals surface area (Å²) in [5.74, 6) is -4.35. The standard InChI is InChI=1S/C17H22N4O9S/c1-7(15(25)26)29-20-11(9-6-31-8(2)18-9)13(23)19-12-14(24)21(17(12,3)4)30-10(5-22)16(27)28/h6-7,10,12,22H,5H2,1-4H3,(H,19,23)(H,25,26)(H,27,28). The van der Waals surface area contributed by atoms with E-state index in [1.54, 1.807) is 6.92 Å². The maximum Gasteiger partial charge on any atom is 0.347 e. The molecule has 14 heteroatoms. The van der Waals surface area contributed by atoms with E-state index in [2.05, 4.69) is 15.5 Å². The van der Waals surface area contributed by atoms with Crippen LogP contribution in [-0.4, -0.2) is 85.2 Å². The minimum atomic E-state index is -1.65. The highest BCUT2D eigenvalue weighted by Crippen LogP contribution is 2.32. The highest BCUT2D eigenvalue weighted by atomic mass is 32.1. The van der Waals surface area contributed by atoms with Crippen LogP contribution in [0, 0.1) is 6.92 Å². The van der Waals surface area contributed by atoms with Crippen LogP contribution in [0.2, 0.25) is 0 Å². The number of hydroxylamine groups is 2. The monoisotopic (exact) mass is 458 g/mol. The Hall–Kier alpha value is -3.10. The summed E-state index contributed by atoms with van der Waals surface area (Å²) >= 11 is 1.22. The lowest BCUT2D eigenvalue weighted by atomic mass is 9.84. The van der Waals surface area contributed by atoms with Crippen molar-refractivity contribution in [3.8, 4) is 0 Å². The first-order valence-electron chi connectivity index (χ1n) is 8.94. The summed E-state index contributed by atoms with van der Waals surface area (Å²) in [5.41, 5.74) is -1.37. The number of aryl methyl sites for hydroxylation is 1. The molecule has 0 aromatic carbocycles. The molecule has 3 unspecified atom stereocenters. The van der Waals surface area contributed by atoms with Gasteiger partial charge in [-0.25, -0.2) is 19.6 Å². The molecule has 2 amide bonds. The number of carbonyl (C=O) groups is 4. The minimum absolute atomic E-state index is 0.126. The number of aromatic nitrogens is 1. The van der Waals surface area contributed by atoms with E-state index in [-0.39, 0.29) is 11.4 Å². The fraction of sp³-hybridized carbons (Fsp3) is 0.529. The number of carboxylic acid groups (broad SMARTS) is 2. The number of nitrogens with zero attached hydrogens (tertiary/aromatic N) is 3. The number of β-lactam (4-membered cyclic amide) rings is 1. The Morgan fingerprint density at radius 3 is 2.45 bits per heavy atom. The van der Waals surface area contributed by atoms with Crippen LogP contribution in [0.25, 0.3) is 0 Å². The van der Waals surface area contributed by atoms with Gasteiger partial charge in [0.25, 0.3) is 11.8 Å². The number of oxime groups is 1.